The quantitative estimate of drug-likeness (QED) is 0.400. The molecule has 6 heteroatoms. The predicted octanol–water partition coefficient (Wildman–Crippen LogP) is 4.26. The van der Waals surface area contributed by atoms with Gasteiger partial charge in [-0.3, -0.25) is 4.79 Å². The third-order valence-corrected chi connectivity index (χ3v) is 4.48. The molecule has 0 spiro atoms. The lowest BCUT2D eigenvalue weighted by Gasteiger charge is -2.11. The van der Waals surface area contributed by atoms with Gasteiger partial charge in [0.2, 0.25) is 0 Å². The van der Waals surface area contributed by atoms with Crippen molar-refractivity contribution in [2.24, 2.45) is 0 Å². The summed E-state index contributed by atoms with van der Waals surface area (Å²) in [6.07, 6.45) is 0. The van der Waals surface area contributed by atoms with Crippen molar-refractivity contribution in [3.05, 3.63) is 101 Å². The number of esters is 1. The summed E-state index contributed by atoms with van der Waals surface area (Å²) in [7, 11) is 0. The Morgan fingerprint density at radius 2 is 1.57 bits per heavy atom. The van der Waals surface area contributed by atoms with E-state index in [4.69, 9.17) is 9.15 Å². The lowest BCUT2D eigenvalue weighted by Crippen LogP contribution is -2.23. The molecule has 3 aromatic carbocycles. The number of hydrogen-bond acceptors (Lipinski definition) is 5. The molecule has 1 aromatic heterocycles. The molecule has 0 radical (unpaired) electrons. The standard InChI is InChI=1S/C24H17NO5/c26-22(25-20-12-6-5-11-18(20)16-8-2-1-3-9-16)15-29-23(27)19-14-17-10-4-7-13-21(17)30-24(19)28/h1-14H,15H2,(H,25,26). The number of amides is 1. The van der Waals surface area contributed by atoms with Crippen molar-refractivity contribution in [2.45, 2.75) is 0 Å². The third-order valence-electron chi connectivity index (χ3n) is 4.48. The summed E-state index contributed by atoms with van der Waals surface area (Å²) in [4.78, 5) is 36.7. The fraction of sp³-hybridized carbons (Fsp3) is 0.0417. The maximum atomic E-state index is 12.3. The molecule has 4 aromatic rings. The van der Waals surface area contributed by atoms with Crippen LogP contribution in [0.25, 0.3) is 22.1 Å². The predicted molar refractivity (Wildman–Crippen MR) is 113 cm³/mol. The van der Waals surface area contributed by atoms with E-state index in [2.05, 4.69) is 5.32 Å². The van der Waals surface area contributed by atoms with Crippen molar-refractivity contribution in [2.75, 3.05) is 11.9 Å². The van der Waals surface area contributed by atoms with Gasteiger partial charge in [-0.05, 0) is 23.8 Å². The molecule has 0 fully saturated rings. The second-order valence-corrected chi connectivity index (χ2v) is 6.52. The summed E-state index contributed by atoms with van der Waals surface area (Å²) in [6, 6.07) is 25.1. The van der Waals surface area contributed by atoms with E-state index in [1.165, 1.54) is 6.07 Å². The van der Waals surface area contributed by atoms with Crippen molar-refractivity contribution in [1.82, 2.24) is 0 Å². The fourth-order valence-corrected chi connectivity index (χ4v) is 3.06. The normalized spacial score (nSPS) is 10.5. The van der Waals surface area contributed by atoms with Crippen LogP contribution in [0, 0.1) is 0 Å². The van der Waals surface area contributed by atoms with Gasteiger partial charge in [-0.25, -0.2) is 9.59 Å². The lowest BCUT2D eigenvalue weighted by atomic mass is 10.0. The molecule has 0 bridgehead atoms. The van der Waals surface area contributed by atoms with Crippen LogP contribution in [0.4, 0.5) is 5.69 Å². The Labute approximate surface area is 171 Å². The molecule has 1 heterocycles. The van der Waals surface area contributed by atoms with E-state index in [-0.39, 0.29) is 5.56 Å². The number of carbonyl (C=O) groups excluding carboxylic acids is 2. The largest absolute Gasteiger partial charge is 0.452 e. The molecule has 4 rings (SSSR count). The van der Waals surface area contributed by atoms with E-state index in [1.54, 1.807) is 36.4 Å². The number of benzene rings is 3. The van der Waals surface area contributed by atoms with Crippen LogP contribution in [0.3, 0.4) is 0 Å². The first kappa shape index (κ1) is 19.1. The Morgan fingerprint density at radius 1 is 0.867 bits per heavy atom. The summed E-state index contributed by atoms with van der Waals surface area (Å²) in [6.45, 7) is -0.534. The lowest BCUT2D eigenvalue weighted by molar-refractivity contribution is -0.119. The van der Waals surface area contributed by atoms with E-state index in [0.29, 0.717) is 16.7 Å². The summed E-state index contributed by atoms with van der Waals surface area (Å²) in [5.41, 5.74) is 1.68. The zero-order valence-corrected chi connectivity index (χ0v) is 15.8. The van der Waals surface area contributed by atoms with E-state index in [0.717, 1.165) is 11.1 Å². The molecule has 148 valence electrons. The minimum Gasteiger partial charge on any atom is -0.452 e. The first-order chi connectivity index (χ1) is 14.6. The van der Waals surface area contributed by atoms with Crippen LogP contribution in [0.2, 0.25) is 0 Å². The van der Waals surface area contributed by atoms with Gasteiger partial charge >= 0.3 is 11.6 Å². The van der Waals surface area contributed by atoms with E-state index in [9.17, 15) is 14.4 Å². The van der Waals surface area contributed by atoms with Gasteiger partial charge in [0.15, 0.2) is 6.61 Å². The fourth-order valence-electron chi connectivity index (χ4n) is 3.06. The number of para-hydroxylation sites is 2. The highest BCUT2D eigenvalue weighted by Crippen LogP contribution is 2.27. The molecular formula is C24H17NO5. The molecule has 0 atom stereocenters. The van der Waals surface area contributed by atoms with Gasteiger partial charge < -0.3 is 14.5 Å². The Bertz CT molecular complexity index is 1280. The van der Waals surface area contributed by atoms with Gasteiger partial charge in [-0.15, -0.1) is 0 Å². The molecule has 0 aliphatic carbocycles. The molecule has 6 nitrogen and oxygen atoms in total. The number of carbonyl (C=O) groups is 2. The second kappa shape index (κ2) is 8.45. The Balaban J connectivity index is 1.46. The smallest absolute Gasteiger partial charge is 0.351 e. The molecule has 1 amide bonds. The van der Waals surface area contributed by atoms with Crippen molar-refractivity contribution < 1.29 is 18.7 Å². The van der Waals surface area contributed by atoms with Crippen LogP contribution in [-0.4, -0.2) is 18.5 Å². The highest BCUT2D eigenvalue weighted by molar-refractivity contribution is 5.98. The van der Waals surface area contributed by atoms with E-state index in [1.807, 2.05) is 42.5 Å². The number of anilines is 1. The van der Waals surface area contributed by atoms with Gasteiger partial charge in [-0.1, -0.05) is 66.7 Å². The van der Waals surface area contributed by atoms with Crippen LogP contribution >= 0.6 is 0 Å². The van der Waals surface area contributed by atoms with Gasteiger partial charge in [0.05, 0.1) is 0 Å². The molecular weight excluding hydrogens is 382 g/mol. The van der Waals surface area contributed by atoms with Crippen LogP contribution in [0.5, 0.6) is 0 Å². The molecule has 30 heavy (non-hydrogen) atoms. The van der Waals surface area contributed by atoms with Crippen molar-refractivity contribution in [1.29, 1.82) is 0 Å². The third kappa shape index (κ3) is 4.12. The van der Waals surface area contributed by atoms with Crippen LogP contribution in [0.15, 0.2) is 94.1 Å². The Morgan fingerprint density at radius 3 is 2.40 bits per heavy atom. The highest BCUT2D eigenvalue weighted by atomic mass is 16.5. The van der Waals surface area contributed by atoms with Crippen LogP contribution < -0.4 is 10.9 Å². The van der Waals surface area contributed by atoms with Crippen molar-refractivity contribution >= 4 is 28.5 Å². The molecule has 0 saturated carbocycles. The molecule has 0 aliphatic rings. The van der Waals surface area contributed by atoms with Gasteiger partial charge in [0, 0.05) is 16.6 Å². The van der Waals surface area contributed by atoms with E-state index >= 15 is 0 Å². The maximum absolute atomic E-state index is 12.3. The average molecular weight is 399 g/mol. The SMILES string of the molecule is O=C(COC(=O)c1cc2ccccc2oc1=O)Nc1ccccc1-c1ccccc1. The minimum atomic E-state index is -0.916. The molecule has 0 aliphatic heterocycles. The average Bonchev–Trinajstić information content (AvgIpc) is 2.78. The maximum Gasteiger partial charge on any atom is 0.351 e. The topological polar surface area (TPSA) is 85.6 Å². The van der Waals surface area contributed by atoms with Crippen molar-refractivity contribution in [3.63, 3.8) is 0 Å². The second-order valence-electron chi connectivity index (χ2n) is 6.52. The number of fused-ring (bicyclic) bond motifs is 1. The molecule has 0 saturated heterocycles. The van der Waals surface area contributed by atoms with Gasteiger partial charge in [-0.2, -0.15) is 0 Å². The Hall–Kier alpha value is -4.19. The summed E-state index contributed by atoms with van der Waals surface area (Å²) in [5.74, 6) is -1.43. The highest BCUT2D eigenvalue weighted by Gasteiger charge is 2.17. The molecule has 0 unspecified atom stereocenters. The van der Waals surface area contributed by atoms with Crippen LogP contribution in [-0.2, 0) is 9.53 Å². The Kier molecular flexibility index (Phi) is 5.39. The zero-order chi connectivity index (χ0) is 20.9. The number of hydrogen-bond donors (Lipinski definition) is 1. The zero-order valence-electron chi connectivity index (χ0n) is 15.8. The monoisotopic (exact) mass is 399 g/mol. The molecule has 1 N–H and O–H groups in total. The first-order valence-corrected chi connectivity index (χ1v) is 9.26. The number of rotatable bonds is 5. The van der Waals surface area contributed by atoms with E-state index < -0.39 is 24.1 Å². The van der Waals surface area contributed by atoms with Crippen LogP contribution in [0.1, 0.15) is 10.4 Å². The van der Waals surface area contributed by atoms with Gasteiger partial charge in [0.1, 0.15) is 11.1 Å². The number of nitrogens with one attached hydrogen (secondary N) is 1. The summed E-state index contributed by atoms with van der Waals surface area (Å²) in [5, 5.41) is 3.33. The first-order valence-electron chi connectivity index (χ1n) is 9.26. The summed E-state index contributed by atoms with van der Waals surface area (Å²) < 4.78 is 10.2. The van der Waals surface area contributed by atoms with Gasteiger partial charge in [0.25, 0.3) is 5.91 Å². The van der Waals surface area contributed by atoms with Crippen molar-refractivity contribution in [3.8, 4) is 11.1 Å². The number of ether oxygens (including phenoxy) is 1. The summed E-state index contributed by atoms with van der Waals surface area (Å²) >= 11 is 0. The minimum absolute atomic E-state index is 0.258.